The third-order valence-corrected chi connectivity index (χ3v) is 6.24. The molecular weight excluding hydrogens is 380 g/mol. The number of aliphatic hydroxyl groups excluding tert-OH is 1. The molecule has 7 nitrogen and oxygen atoms in total. The quantitative estimate of drug-likeness (QED) is 0.768. The number of aromatic nitrogens is 1. The molecule has 2 amide bonds. The number of rotatable bonds is 5. The highest BCUT2D eigenvalue weighted by molar-refractivity contribution is 5.88. The van der Waals surface area contributed by atoms with Crippen LogP contribution in [-0.4, -0.2) is 65.1 Å². The molecular formula is C23H36N4O3. The lowest BCUT2D eigenvalue weighted by atomic mass is 9.85. The average Bonchev–Trinajstić information content (AvgIpc) is 3.12. The van der Waals surface area contributed by atoms with E-state index >= 15 is 0 Å². The molecule has 2 aliphatic rings. The Morgan fingerprint density at radius 3 is 2.43 bits per heavy atom. The van der Waals surface area contributed by atoms with E-state index in [-0.39, 0.29) is 17.2 Å². The Morgan fingerprint density at radius 1 is 1.20 bits per heavy atom. The Bertz CT molecular complexity index is 736. The second-order valence-corrected chi connectivity index (χ2v) is 9.89. The Balaban J connectivity index is 1.52. The maximum absolute atomic E-state index is 13.0. The topological polar surface area (TPSA) is 85.8 Å². The lowest BCUT2D eigenvalue weighted by molar-refractivity contribution is -0.139. The van der Waals surface area contributed by atoms with E-state index in [1.54, 1.807) is 4.90 Å². The molecule has 3 rings (SSSR count). The number of nitrogens with one attached hydrogen (secondary N) is 1. The minimum Gasteiger partial charge on any atom is -0.391 e. The van der Waals surface area contributed by atoms with E-state index < -0.39 is 12.1 Å². The fraction of sp³-hybridized carbons (Fsp3) is 0.696. The Labute approximate surface area is 179 Å². The Kier molecular flexibility index (Phi) is 7.01. The summed E-state index contributed by atoms with van der Waals surface area (Å²) in [6.07, 6.45) is 4.41. The SMILES string of the molecule is Cc1ccc(N2CCC(CC(=O)NC(C(=O)N3CCC(O)C3)C(C)(C)C)CC2)cn1. The zero-order valence-electron chi connectivity index (χ0n) is 18.7. The molecule has 0 aliphatic carbocycles. The first kappa shape index (κ1) is 22.5. The summed E-state index contributed by atoms with van der Waals surface area (Å²) >= 11 is 0. The van der Waals surface area contributed by atoms with Crippen molar-refractivity contribution in [1.29, 1.82) is 0 Å². The van der Waals surface area contributed by atoms with Gasteiger partial charge in [0.25, 0.3) is 0 Å². The van der Waals surface area contributed by atoms with Gasteiger partial charge in [-0.1, -0.05) is 20.8 Å². The van der Waals surface area contributed by atoms with Crippen LogP contribution < -0.4 is 10.2 Å². The molecule has 0 aromatic carbocycles. The summed E-state index contributed by atoms with van der Waals surface area (Å²) in [5.41, 5.74) is 1.76. The van der Waals surface area contributed by atoms with E-state index in [2.05, 4.69) is 21.3 Å². The zero-order valence-corrected chi connectivity index (χ0v) is 18.7. The van der Waals surface area contributed by atoms with Crippen LogP contribution in [-0.2, 0) is 9.59 Å². The number of aliphatic hydroxyl groups is 1. The number of carbonyl (C=O) groups excluding carboxylic acids is 2. The lowest BCUT2D eigenvalue weighted by Crippen LogP contribution is -2.54. The van der Waals surface area contributed by atoms with Gasteiger partial charge in [-0.2, -0.15) is 0 Å². The van der Waals surface area contributed by atoms with Gasteiger partial charge in [0.05, 0.1) is 18.0 Å². The molecule has 7 heteroatoms. The highest BCUT2D eigenvalue weighted by Crippen LogP contribution is 2.27. The summed E-state index contributed by atoms with van der Waals surface area (Å²) in [6.45, 7) is 10.6. The van der Waals surface area contributed by atoms with Crippen LogP contribution in [0.5, 0.6) is 0 Å². The number of amides is 2. The molecule has 2 saturated heterocycles. The molecule has 0 bridgehead atoms. The van der Waals surface area contributed by atoms with Gasteiger partial charge in [0.1, 0.15) is 6.04 Å². The van der Waals surface area contributed by atoms with Gasteiger partial charge in [-0.15, -0.1) is 0 Å². The van der Waals surface area contributed by atoms with E-state index in [9.17, 15) is 14.7 Å². The number of likely N-dealkylation sites (tertiary alicyclic amines) is 1. The molecule has 166 valence electrons. The van der Waals surface area contributed by atoms with Gasteiger partial charge in [-0.05, 0) is 49.7 Å². The smallest absolute Gasteiger partial charge is 0.245 e. The molecule has 2 unspecified atom stereocenters. The first-order valence-corrected chi connectivity index (χ1v) is 11.1. The minimum absolute atomic E-state index is 0.0570. The number of carbonyl (C=O) groups is 2. The Hall–Kier alpha value is -2.15. The van der Waals surface area contributed by atoms with E-state index in [0.29, 0.717) is 31.8 Å². The molecule has 3 heterocycles. The predicted octanol–water partition coefficient (Wildman–Crippen LogP) is 2.12. The number of β-amino-alcohol motifs (C(OH)–C–C–N with tert-alkyl or cyclic N) is 1. The van der Waals surface area contributed by atoms with Crippen LogP contribution >= 0.6 is 0 Å². The van der Waals surface area contributed by atoms with Gasteiger partial charge < -0.3 is 20.2 Å². The summed E-state index contributed by atoms with van der Waals surface area (Å²) < 4.78 is 0. The number of anilines is 1. The maximum Gasteiger partial charge on any atom is 0.245 e. The third-order valence-electron chi connectivity index (χ3n) is 6.24. The molecule has 2 fully saturated rings. The van der Waals surface area contributed by atoms with Crippen molar-refractivity contribution in [3.63, 3.8) is 0 Å². The molecule has 2 N–H and O–H groups in total. The largest absolute Gasteiger partial charge is 0.391 e. The highest BCUT2D eigenvalue weighted by atomic mass is 16.3. The number of piperidine rings is 1. The molecule has 30 heavy (non-hydrogen) atoms. The van der Waals surface area contributed by atoms with Gasteiger partial charge in [-0.3, -0.25) is 14.6 Å². The number of hydrogen-bond acceptors (Lipinski definition) is 5. The molecule has 1 aromatic heterocycles. The predicted molar refractivity (Wildman–Crippen MR) is 117 cm³/mol. The number of aryl methyl sites for hydroxylation is 1. The molecule has 0 saturated carbocycles. The van der Waals surface area contributed by atoms with Gasteiger partial charge in [0.15, 0.2) is 0 Å². The third kappa shape index (κ3) is 5.72. The van der Waals surface area contributed by atoms with Gasteiger partial charge >= 0.3 is 0 Å². The van der Waals surface area contributed by atoms with Crippen molar-refractivity contribution in [2.45, 2.75) is 65.5 Å². The van der Waals surface area contributed by atoms with Crippen LogP contribution in [0.4, 0.5) is 5.69 Å². The second kappa shape index (κ2) is 9.33. The van der Waals surface area contributed by atoms with E-state index in [1.807, 2.05) is 40.0 Å². The van der Waals surface area contributed by atoms with Crippen LogP contribution in [0.3, 0.4) is 0 Å². The standard InChI is InChI=1S/C23H36N4O3/c1-16-5-6-18(14-24-16)26-10-7-17(8-11-26)13-20(29)25-21(23(2,3)4)22(30)27-12-9-19(28)15-27/h5-6,14,17,19,21,28H,7-13,15H2,1-4H3,(H,25,29). The van der Waals surface area contributed by atoms with Gasteiger partial charge in [0.2, 0.25) is 11.8 Å². The van der Waals surface area contributed by atoms with Gasteiger partial charge in [0, 0.05) is 38.3 Å². The molecule has 2 atom stereocenters. The first-order chi connectivity index (χ1) is 14.1. The van der Waals surface area contributed by atoms with Crippen LogP contribution in [0, 0.1) is 18.3 Å². The molecule has 2 aliphatic heterocycles. The average molecular weight is 417 g/mol. The second-order valence-electron chi connectivity index (χ2n) is 9.89. The normalized spacial score (nSPS) is 21.6. The van der Waals surface area contributed by atoms with Crippen molar-refractivity contribution < 1.29 is 14.7 Å². The van der Waals surface area contributed by atoms with Crippen molar-refractivity contribution in [2.75, 3.05) is 31.1 Å². The summed E-state index contributed by atoms with van der Waals surface area (Å²) in [7, 11) is 0. The maximum atomic E-state index is 13.0. The Morgan fingerprint density at radius 2 is 1.90 bits per heavy atom. The fourth-order valence-corrected chi connectivity index (χ4v) is 4.30. The molecule has 0 spiro atoms. The van der Waals surface area contributed by atoms with Crippen molar-refractivity contribution >= 4 is 17.5 Å². The fourth-order valence-electron chi connectivity index (χ4n) is 4.30. The van der Waals surface area contributed by atoms with E-state index in [1.165, 1.54) is 0 Å². The van der Waals surface area contributed by atoms with E-state index in [4.69, 9.17) is 0 Å². The summed E-state index contributed by atoms with van der Waals surface area (Å²) in [4.78, 5) is 34.1. The number of nitrogens with zero attached hydrogens (tertiary/aromatic N) is 3. The molecule has 0 radical (unpaired) electrons. The van der Waals surface area contributed by atoms with Crippen molar-refractivity contribution in [3.8, 4) is 0 Å². The number of pyridine rings is 1. The monoisotopic (exact) mass is 416 g/mol. The first-order valence-electron chi connectivity index (χ1n) is 11.1. The van der Waals surface area contributed by atoms with Crippen LogP contribution in [0.1, 0.15) is 52.1 Å². The lowest BCUT2D eigenvalue weighted by Gasteiger charge is -2.35. The summed E-state index contributed by atoms with van der Waals surface area (Å²) in [6, 6.07) is 3.55. The van der Waals surface area contributed by atoms with Crippen molar-refractivity contribution in [3.05, 3.63) is 24.0 Å². The molecule has 1 aromatic rings. The van der Waals surface area contributed by atoms with Crippen molar-refractivity contribution in [1.82, 2.24) is 15.2 Å². The van der Waals surface area contributed by atoms with Crippen LogP contribution in [0.2, 0.25) is 0 Å². The summed E-state index contributed by atoms with van der Waals surface area (Å²) in [5, 5.41) is 12.8. The van der Waals surface area contributed by atoms with E-state index in [0.717, 1.165) is 37.3 Å². The van der Waals surface area contributed by atoms with Crippen molar-refractivity contribution in [2.24, 2.45) is 11.3 Å². The minimum atomic E-state index is -0.575. The van der Waals surface area contributed by atoms with Gasteiger partial charge in [-0.25, -0.2) is 0 Å². The van der Waals surface area contributed by atoms with Crippen LogP contribution in [0.15, 0.2) is 18.3 Å². The highest BCUT2D eigenvalue weighted by Gasteiger charge is 2.38. The zero-order chi connectivity index (χ0) is 21.9. The van der Waals surface area contributed by atoms with Crippen LogP contribution in [0.25, 0.3) is 0 Å². The summed E-state index contributed by atoms with van der Waals surface area (Å²) in [5.74, 6) is 0.177. The number of hydrogen-bond donors (Lipinski definition) is 2.